The summed E-state index contributed by atoms with van der Waals surface area (Å²) in [5.74, 6) is 0.356. The van der Waals surface area contributed by atoms with Gasteiger partial charge in [-0.25, -0.2) is 0 Å². The van der Waals surface area contributed by atoms with Crippen LogP contribution >= 0.6 is 0 Å². The van der Waals surface area contributed by atoms with Crippen molar-refractivity contribution in [3.05, 3.63) is 29.8 Å². The zero-order valence-corrected chi connectivity index (χ0v) is 10.7. The zero-order chi connectivity index (χ0) is 12.3. The van der Waals surface area contributed by atoms with E-state index in [9.17, 15) is 5.11 Å². The van der Waals surface area contributed by atoms with Gasteiger partial charge in [-0.1, -0.05) is 12.1 Å². The highest BCUT2D eigenvalue weighted by Gasteiger charge is 2.25. The zero-order valence-electron chi connectivity index (χ0n) is 10.7. The Morgan fingerprint density at radius 1 is 1.29 bits per heavy atom. The van der Waals surface area contributed by atoms with Gasteiger partial charge >= 0.3 is 0 Å². The summed E-state index contributed by atoms with van der Waals surface area (Å²) in [6, 6.07) is 8.92. The molecule has 1 fully saturated rings. The highest BCUT2D eigenvalue weighted by molar-refractivity contribution is 5.46. The minimum atomic E-state index is 0.271. The molecule has 1 aromatic carbocycles. The third-order valence-corrected chi connectivity index (χ3v) is 3.59. The Morgan fingerprint density at radius 3 is 2.59 bits per heavy atom. The quantitative estimate of drug-likeness (QED) is 0.837. The number of aliphatic hydroxyl groups is 1. The minimum absolute atomic E-state index is 0.271. The minimum Gasteiger partial charge on any atom is -0.396 e. The van der Waals surface area contributed by atoms with E-state index in [0.29, 0.717) is 12.0 Å². The van der Waals surface area contributed by atoms with Crippen molar-refractivity contribution in [1.29, 1.82) is 0 Å². The molecule has 0 radical (unpaired) electrons. The summed E-state index contributed by atoms with van der Waals surface area (Å²) in [5.41, 5.74) is 2.50. The highest BCUT2D eigenvalue weighted by Crippen LogP contribution is 2.29. The van der Waals surface area contributed by atoms with Crippen molar-refractivity contribution >= 4 is 5.69 Å². The van der Waals surface area contributed by atoms with Crippen molar-refractivity contribution in [1.82, 2.24) is 5.32 Å². The predicted molar refractivity (Wildman–Crippen MR) is 71.3 cm³/mol. The topological polar surface area (TPSA) is 35.5 Å². The fraction of sp³-hybridized carbons (Fsp3) is 0.571. The molecule has 0 saturated carbocycles. The van der Waals surface area contributed by atoms with E-state index >= 15 is 0 Å². The fourth-order valence-electron chi connectivity index (χ4n) is 2.52. The second-order valence-electron chi connectivity index (χ2n) is 5.00. The van der Waals surface area contributed by atoms with E-state index in [0.717, 1.165) is 19.4 Å². The van der Waals surface area contributed by atoms with Crippen molar-refractivity contribution in [2.24, 2.45) is 5.92 Å². The van der Waals surface area contributed by atoms with Gasteiger partial charge in [-0.15, -0.1) is 0 Å². The number of piperidine rings is 1. The van der Waals surface area contributed by atoms with E-state index in [4.69, 9.17) is 0 Å². The van der Waals surface area contributed by atoms with Gasteiger partial charge in [0.15, 0.2) is 0 Å². The van der Waals surface area contributed by atoms with Gasteiger partial charge in [0.25, 0.3) is 0 Å². The van der Waals surface area contributed by atoms with Gasteiger partial charge in [-0.3, -0.25) is 0 Å². The van der Waals surface area contributed by atoms with Crippen LogP contribution in [0.15, 0.2) is 24.3 Å². The molecule has 2 atom stereocenters. The first-order valence-corrected chi connectivity index (χ1v) is 6.34. The molecule has 0 bridgehead atoms. The van der Waals surface area contributed by atoms with Crippen LogP contribution < -0.4 is 10.2 Å². The third-order valence-electron chi connectivity index (χ3n) is 3.59. The summed E-state index contributed by atoms with van der Waals surface area (Å²) in [6.07, 6.45) is 2.28. The molecule has 17 heavy (non-hydrogen) atoms. The van der Waals surface area contributed by atoms with Crippen LogP contribution in [-0.4, -0.2) is 32.4 Å². The lowest BCUT2D eigenvalue weighted by molar-refractivity contribution is 0.160. The Labute approximate surface area is 103 Å². The van der Waals surface area contributed by atoms with Gasteiger partial charge in [0.1, 0.15) is 0 Å². The third kappa shape index (κ3) is 2.79. The lowest BCUT2D eigenvalue weighted by Gasteiger charge is -2.32. The van der Waals surface area contributed by atoms with E-state index in [2.05, 4.69) is 34.5 Å². The van der Waals surface area contributed by atoms with E-state index in [1.165, 1.54) is 11.3 Å². The molecule has 0 spiro atoms. The largest absolute Gasteiger partial charge is 0.396 e. The fourth-order valence-corrected chi connectivity index (χ4v) is 2.52. The molecule has 2 N–H and O–H groups in total. The summed E-state index contributed by atoms with van der Waals surface area (Å²) >= 11 is 0. The van der Waals surface area contributed by atoms with Crippen LogP contribution in [0, 0.1) is 5.92 Å². The number of benzene rings is 1. The van der Waals surface area contributed by atoms with E-state index in [1.807, 2.05) is 14.1 Å². The molecular formula is C14H22N2O. The molecule has 2 unspecified atom stereocenters. The van der Waals surface area contributed by atoms with E-state index in [1.54, 1.807) is 0 Å². The average Bonchev–Trinajstić information content (AvgIpc) is 2.39. The molecule has 1 aliphatic rings. The van der Waals surface area contributed by atoms with Crippen molar-refractivity contribution in [3.63, 3.8) is 0 Å². The molecule has 0 aliphatic carbocycles. The van der Waals surface area contributed by atoms with Crippen LogP contribution in [0.5, 0.6) is 0 Å². The Balaban J connectivity index is 2.15. The van der Waals surface area contributed by atoms with Gasteiger partial charge < -0.3 is 15.3 Å². The summed E-state index contributed by atoms with van der Waals surface area (Å²) < 4.78 is 0. The summed E-state index contributed by atoms with van der Waals surface area (Å²) in [4.78, 5) is 2.10. The number of hydrogen-bond donors (Lipinski definition) is 2. The van der Waals surface area contributed by atoms with Crippen molar-refractivity contribution in [2.75, 3.05) is 32.1 Å². The Bertz CT molecular complexity index is 348. The number of anilines is 1. The van der Waals surface area contributed by atoms with Crippen LogP contribution in [0.4, 0.5) is 5.69 Å². The molecule has 2 rings (SSSR count). The lowest BCUT2D eigenvalue weighted by atomic mass is 9.87. The molecule has 3 heteroatoms. The standard InChI is InChI=1S/C14H22N2O/c1-16(2)13-7-5-11(6-8-13)14-12(10-17)4-3-9-15-14/h5-8,12,14-15,17H,3-4,9-10H2,1-2H3. The number of nitrogens with zero attached hydrogens (tertiary/aromatic N) is 1. The summed E-state index contributed by atoms with van der Waals surface area (Å²) in [7, 11) is 4.09. The van der Waals surface area contributed by atoms with E-state index in [-0.39, 0.29) is 6.61 Å². The molecule has 0 amide bonds. The highest BCUT2D eigenvalue weighted by atomic mass is 16.3. The number of aliphatic hydroxyl groups excluding tert-OH is 1. The molecule has 0 aromatic heterocycles. The number of nitrogens with one attached hydrogen (secondary N) is 1. The Hall–Kier alpha value is -1.06. The van der Waals surface area contributed by atoms with Crippen LogP contribution in [-0.2, 0) is 0 Å². The van der Waals surface area contributed by atoms with Crippen LogP contribution in [0.25, 0.3) is 0 Å². The smallest absolute Gasteiger partial charge is 0.0477 e. The Morgan fingerprint density at radius 2 is 2.00 bits per heavy atom. The second-order valence-corrected chi connectivity index (χ2v) is 5.00. The van der Waals surface area contributed by atoms with Crippen molar-refractivity contribution in [3.8, 4) is 0 Å². The molecule has 3 nitrogen and oxygen atoms in total. The van der Waals surface area contributed by atoms with Gasteiger partial charge in [0.2, 0.25) is 0 Å². The summed E-state index contributed by atoms with van der Waals surface area (Å²) in [6.45, 7) is 1.32. The maximum absolute atomic E-state index is 9.42. The SMILES string of the molecule is CN(C)c1ccc(C2NCCCC2CO)cc1. The average molecular weight is 234 g/mol. The van der Waals surface area contributed by atoms with Gasteiger partial charge in [0.05, 0.1) is 0 Å². The normalized spacial score (nSPS) is 24.6. The maximum atomic E-state index is 9.42. The predicted octanol–water partition coefficient (Wildman–Crippen LogP) is 1.79. The maximum Gasteiger partial charge on any atom is 0.0477 e. The van der Waals surface area contributed by atoms with Gasteiger partial charge in [-0.2, -0.15) is 0 Å². The van der Waals surface area contributed by atoms with E-state index < -0.39 is 0 Å². The number of rotatable bonds is 3. The first-order valence-electron chi connectivity index (χ1n) is 6.34. The molecular weight excluding hydrogens is 212 g/mol. The van der Waals surface area contributed by atoms with Crippen molar-refractivity contribution < 1.29 is 5.11 Å². The molecule has 1 heterocycles. The lowest BCUT2D eigenvalue weighted by Crippen LogP contribution is -2.35. The molecule has 1 aromatic rings. The first-order chi connectivity index (χ1) is 8.22. The Kier molecular flexibility index (Phi) is 4.02. The second kappa shape index (κ2) is 5.52. The monoisotopic (exact) mass is 234 g/mol. The first kappa shape index (κ1) is 12.4. The molecule has 94 valence electrons. The van der Waals surface area contributed by atoms with Gasteiger partial charge in [0, 0.05) is 38.3 Å². The van der Waals surface area contributed by atoms with Crippen LogP contribution in [0.2, 0.25) is 0 Å². The molecule has 1 aliphatic heterocycles. The van der Waals surface area contributed by atoms with Crippen molar-refractivity contribution in [2.45, 2.75) is 18.9 Å². The number of hydrogen-bond acceptors (Lipinski definition) is 3. The van der Waals surface area contributed by atoms with Gasteiger partial charge in [-0.05, 0) is 37.1 Å². The van der Waals surface area contributed by atoms with Crippen LogP contribution in [0.3, 0.4) is 0 Å². The van der Waals surface area contributed by atoms with Crippen LogP contribution in [0.1, 0.15) is 24.4 Å². The molecule has 1 saturated heterocycles. The summed E-state index contributed by atoms with van der Waals surface area (Å²) in [5, 5.41) is 12.9.